The number of likely N-dealkylation sites (N-methyl/N-ethyl adjacent to an activating group) is 1. The lowest BCUT2D eigenvalue weighted by molar-refractivity contribution is 0.313. The summed E-state index contributed by atoms with van der Waals surface area (Å²) >= 11 is 0. The van der Waals surface area contributed by atoms with Gasteiger partial charge in [0.25, 0.3) is 0 Å². The van der Waals surface area contributed by atoms with Crippen molar-refractivity contribution < 1.29 is 0 Å². The molecule has 0 aliphatic carbocycles. The summed E-state index contributed by atoms with van der Waals surface area (Å²) in [5, 5.41) is 4.25. The highest BCUT2D eigenvalue weighted by molar-refractivity contribution is 5.82. The van der Waals surface area contributed by atoms with Crippen molar-refractivity contribution in [2.24, 2.45) is 0 Å². The molecule has 2 aromatic heterocycles. The molecule has 160 valence electrons. The maximum Gasteiger partial charge on any atom is 0.230 e. The molecule has 1 saturated heterocycles. The fourth-order valence-electron chi connectivity index (χ4n) is 3.88. The number of nitrogens with one attached hydrogen (secondary N) is 2. The van der Waals surface area contributed by atoms with E-state index in [1.54, 1.807) is 0 Å². The molecule has 32 heavy (non-hydrogen) atoms. The fraction of sp³-hybridized carbons (Fsp3) is 0.231. The number of piperazine rings is 1. The molecule has 4 aromatic rings. The number of hydrogen-bond acceptors (Lipinski definition) is 5. The molecule has 0 radical (unpaired) electrons. The number of nitrogens with zero attached hydrogens (tertiary/aromatic N) is 4. The van der Waals surface area contributed by atoms with Crippen molar-refractivity contribution in [2.75, 3.05) is 43.4 Å². The molecule has 1 fully saturated rings. The van der Waals surface area contributed by atoms with Crippen molar-refractivity contribution in [3.8, 4) is 11.8 Å². The lowest BCUT2D eigenvalue weighted by atomic mass is 10.1. The second-order valence-electron chi connectivity index (χ2n) is 8.16. The van der Waals surface area contributed by atoms with Gasteiger partial charge in [-0.25, -0.2) is 4.98 Å². The molecule has 0 amide bonds. The minimum absolute atomic E-state index is 0.529. The number of fused-ring (bicyclic) bond motifs is 1. The van der Waals surface area contributed by atoms with Crippen LogP contribution in [-0.2, 0) is 0 Å². The second-order valence-corrected chi connectivity index (χ2v) is 8.16. The van der Waals surface area contributed by atoms with E-state index >= 15 is 0 Å². The van der Waals surface area contributed by atoms with Gasteiger partial charge in [-0.1, -0.05) is 24.1 Å². The quantitative estimate of drug-likeness (QED) is 0.486. The zero-order valence-corrected chi connectivity index (χ0v) is 18.4. The molecular weight excluding hydrogens is 396 g/mol. The van der Waals surface area contributed by atoms with E-state index in [0.717, 1.165) is 54.0 Å². The van der Waals surface area contributed by atoms with Crippen LogP contribution < -0.4 is 10.2 Å². The van der Waals surface area contributed by atoms with Gasteiger partial charge in [0.15, 0.2) is 0 Å². The number of rotatable bonds is 3. The van der Waals surface area contributed by atoms with Crippen LogP contribution in [0.3, 0.4) is 0 Å². The van der Waals surface area contributed by atoms with Crippen molar-refractivity contribution in [3.63, 3.8) is 0 Å². The molecule has 6 nitrogen and oxygen atoms in total. The first-order valence-corrected chi connectivity index (χ1v) is 10.9. The minimum Gasteiger partial charge on any atom is -0.369 e. The Hall–Kier alpha value is -3.82. The molecule has 1 aliphatic rings. The third kappa shape index (κ3) is 4.29. The summed E-state index contributed by atoms with van der Waals surface area (Å²) in [5.74, 6) is 7.03. The van der Waals surface area contributed by atoms with Crippen LogP contribution in [0.1, 0.15) is 16.8 Å². The summed E-state index contributed by atoms with van der Waals surface area (Å²) in [6.07, 6.45) is 1.87. The topological polar surface area (TPSA) is 60.1 Å². The zero-order valence-electron chi connectivity index (χ0n) is 18.4. The predicted octanol–water partition coefficient (Wildman–Crippen LogP) is 4.16. The zero-order chi connectivity index (χ0) is 21.9. The highest BCUT2D eigenvalue weighted by Crippen LogP contribution is 2.23. The SMILES string of the molecule is Cc1ccccc1C#Cc1nc(Nc2ccc(N3CCN(C)CC3)cc2)nc2[nH]ccc12. The van der Waals surface area contributed by atoms with Crippen molar-refractivity contribution in [2.45, 2.75) is 6.92 Å². The number of aryl methyl sites for hydroxylation is 1. The van der Waals surface area contributed by atoms with E-state index in [1.807, 2.05) is 30.5 Å². The molecule has 0 atom stereocenters. The second kappa shape index (κ2) is 8.74. The largest absolute Gasteiger partial charge is 0.369 e. The van der Waals surface area contributed by atoms with Crippen LogP contribution in [0, 0.1) is 18.8 Å². The maximum absolute atomic E-state index is 4.70. The van der Waals surface area contributed by atoms with Crippen LogP contribution in [0.5, 0.6) is 0 Å². The number of aromatic amines is 1. The van der Waals surface area contributed by atoms with Crippen LogP contribution in [0.15, 0.2) is 60.8 Å². The fourth-order valence-corrected chi connectivity index (χ4v) is 3.88. The molecule has 3 heterocycles. The number of aromatic nitrogens is 3. The van der Waals surface area contributed by atoms with Gasteiger partial charge in [-0.15, -0.1) is 0 Å². The van der Waals surface area contributed by atoms with Crippen LogP contribution in [0.4, 0.5) is 17.3 Å². The normalized spacial score (nSPS) is 14.2. The molecule has 6 heteroatoms. The summed E-state index contributed by atoms with van der Waals surface area (Å²) in [6.45, 7) is 6.36. The van der Waals surface area contributed by atoms with Gasteiger partial charge < -0.3 is 20.1 Å². The molecule has 0 spiro atoms. The van der Waals surface area contributed by atoms with Gasteiger partial charge in [-0.3, -0.25) is 0 Å². The summed E-state index contributed by atoms with van der Waals surface area (Å²) in [6, 6.07) is 18.5. The Morgan fingerprint density at radius 3 is 2.47 bits per heavy atom. The Kier molecular flexibility index (Phi) is 5.49. The third-order valence-electron chi connectivity index (χ3n) is 5.87. The van der Waals surface area contributed by atoms with E-state index in [2.05, 4.69) is 81.2 Å². The molecule has 1 aliphatic heterocycles. The number of hydrogen-bond donors (Lipinski definition) is 2. The van der Waals surface area contributed by atoms with Crippen LogP contribution in [0.25, 0.3) is 11.0 Å². The smallest absolute Gasteiger partial charge is 0.230 e. The van der Waals surface area contributed by atoms with Gasteiger partial charge in [-0.05, 0) is 61.9 Å². The van der Waals surface area contributed by atoms with Gasteiger partial charge in [0, 0.05) is 49.3 Å². The van der Waals surface area contributed by atoms with Crippen LogP contribution >= 0.6 is 0 Å². The summed E-state index contributed by atoms with van der Waals surface area (Å²) < 4.78 is 0. The maximum atomic E-state index is 4.70. The molecule has 5 rings (SSSR count). The Morgan fingerprint density at radius 2 is 1.69 bits per heavy atom. The summed E-state index contributed by atoms with van der Waals surface area (Å²) in [7, 11) is 2.17. The Bertz CT molecular complexity index is 1290. The Balaban J connectivity index is 1.39. The highest BCUT2D eigenvalue weighted by atomic mass is 15.2. The Labute approximate surface area is 188 Å². The first-order chi connectivity index (χ1) is 15.7. The van der Waals surface area contributed by atoms with Crippen molar-refractivity contribution in [1.82, 2.24) is 19.9 Å². The molecule has 0 saturated carbocycles. The molecule has 2 N–H and O–H groups in total. The lowest BCUT2D eigenvalue weighted by Gasteiger charge is -2.34. The van der Waals surface area contributed by atoms with E-state index in [-0.39, 0.29) is 0 Å². The lowest BCUT2D eigenvalue weighted by Crippen LogP contribution is -2.44. The average Bonchev–Trinajstić information content (AvgIpc) is 3.28. The minimum atomic E-state index is 0.529. The Morgan fingerprint density at radius 1 is 0.906 bits per heavy atom. The number of H-pyrrole nitrogens is 1. The van der Waals surface area contributed by atoms with Gasteiger partial charge >= 0.3 is 0 Å². The van der Waals surface area contributed by atoms with E-state index in [0.29, 0.717) is 11.6 Å². The van der Waals surface area contributed by atoms with E-state index in [9.17, 15) is 0 Å². The monoisotopic (exact) mass is 422 g/mol. The summed E-state index contributed by atoms with van der Waals surface area (Å²) in [5.41, 5.74) is 5.82. The first kappa shape index (κ1) is 20.1. The first-order valence-electron chi connectivity index (χ1n) is 10.9. The summed E-state index contributed by atoms with van der Waals surface area (Å²) in [4.78, 5) is 17.3. The number of anilines is 3. The average molecular weight is 423 g/mol. The number of benzene rings is 2. The van der Waals surface area contributed by atoms with Gasteiger partial charge in [-0.2, -0.15) is 4.98 Å². The van der Waals surface area contributed by atoms with Gasteiger partial charge in [0.2, 0.25) is 5.95 Å². The molecule has 0 unspecified atom stereocenters. The molecule has 0 bridgehead atoms. The van der Waals surface area contributed by atoms with E-state index < -0.39 is 0 Å². The standard InChI is InChI=1S/C26H26N6/c1-19-5-3-4-6-20(19)7-12-24-23-13-14-27-25(23)30-26(29-24)28-21-8-10-22(11-9-21)32-17-15-31(2)16-18-32/h3-6,8-11,13-14H,15-18H2,1-2H3,(H2,27,28,29,30). The highest BCUT2D eigenvalue weighted by Gasteiger charge is 2.14. The van der Waals surface area contributed by atoms with Gasteiger partial charge in [0.1, 0.15) is 11.3 Å². The molecular formula is C26H26N6. The van der Waals surface area contributed by atoms with Crippen molar-refractivity contribution >= 4 is 28.4 Å². The van der Waals surface area contributed by atoms with Crippen molar-refractivity contribution in [1.29, 1.82) is 0 Å². The predicted molar refractivity (Wildman–Crippen MR) is 130 cm³/mol. The van der Waals surface area contributed by atoms with E-state index in [4.69, 9.17) is 4.98 Å². The van der Waals surface area contributed by atoms with Crippen molar-refractivity contribution in [3.05, 3.63) is 77.6 Å². The molecule has 2 aromatic carbocycles. The van der Waals surface area contributed by atoms with Crippen LogP contribution in [-0.4, -0.2) is 53.1 Å². The van der Waals surface area contributed by atoms with Gasteiger partial charge in [0.05, 0.1) is 5.39 Å². The van der Waals surface area contributed by atoms with E-state index in [1.165, 1.54) is 5.69 Å². The van der Waals surface area contributed by atoms with Crippen LogP contribution in [0.2, 0.25) is 0 Å². The third-order valence-corrected chi connectivity index (χ3v) is 5.87.